The second-order valence-electron chi connectivity index (χ2n) is 7.21. The molecule has 0 bridgehead atoms. The molecule has 154 valence electrons. The average molecular weight is 445 g/mol. The zero-order chi connectivity index (χ0) is 20.9. The van der Waals surface area contributed by atoms with Crippen LogP contribution in [0.5, 0.6) is 0 Å². The van der Waals surface area contributed by atoms with Crippen LogP contribution in [-0.2, 0) is 11.0 Å². The van der Waals surface area contributed by atoms with Gasteiger partial charge >= 0.3 is 6.18 Å². The minimum absolute atomic E-state index is 0.0522. The molecular formula is C19H17Cl2F3N4O. The Morgan fingerprint density at radius 1 is 1.14 bits per heavy atom. The quantitative estimate of drug-likeness (QED) is 0.643. The summed E-state index contributed by atoms with van der Waals surface area (Å²) in [6.45, 7) is 2.90. The predicted molar refractivity (Wildman–Crippen MR) is 104 cm³/mol. The maximum Gasteiger partial charge on any atom is 0.435 e. The maximum absolute atomic E-state index is 13.3. The Morgan fingerprint density at radius 2 is 1.83 bits per heavy atom. The highest BCUT2D eigenvalue weighted by Crippen LogP contribution is 2.41. The van der Waals surface area contributed by atoms with Crippen LogP contribution in [0.2, 0.25) is 10.0 Å². The number of hydrogen-bond acceptors (Lipinski definition) is 3. The lowest BCUT2D eigenvalue weighted by molar-refractivity contribution is -0.141. The first-order chi connectivity index (χ1) is 13.7. The second-order valence-corrected chi connectivity index (χ2v) is 8.03. The topological polar surface area (TPSA) is 50.5 Å². The van der Waals surface area contributed by atoms with Crippen molar-refractivity contribution in [3.63, 3.8) is 0 Å². The van der Waals surface area contributed by atoms with Gasteiger partial charge < -0.3 is 4.90 Å². The van der Waals surface area contributed by atoms with Crippen LogP contribution in [0.25, 0.3) is 0 Å². The molecule has 4 rings (SSSR count). The van der Waals surface area contributed by atoms with Crippen LogP contribution in [0, 0.1) is 5.92 Å². The van der Waals surface area contributed by atoms with E-state index in [4.69, 9.17) is 23.2 Å². The Kier molecular flexibility index (Phi) is 5.11. The van der Waals surface area contributed by atoms with E-state index in [1.165, 1.54) is 4.68 Å². The fourth-order valence-electron chi connectivity index (χ4n) is 3.91. The van der Waals surface area contributed by atoms with Crippen LogP contribution in [-0.4, -0.2) is 39.4 Å². The molecule has 0 spiro atoms. The summed E-state index contributed by atoms with van der Waals surface area (Å²) >= 11 is 12.2. The molecule has 2 aliphatic rings. The number of rotatable bonds is 2. The molecule has 2 unspecified atom stereocenters. The van der Waals surface area contributed by atoms with Crippen LogP contribution in [0.3, 0.4) is 0 Å². The lowest BCUT2D eigenvalue weighted by Crippen LogP contribution is -2.43. The molecule has 1 aromatic carbocycles. The van der Waals surface area contributed by atoms with Gasteiger partial charge in [-0.3, -0.25) is 4.79 Å². The number of aliphatic imine (C=N–C) groups is 1. The number of carbonyl (C=O) groups is 1. The van der Waals surface area contributed by atoms with E-state index in [2.05, 4.69) is 10.1 Å². The molecule has 0 N–H and O–H groups in total. The summed E-state index contributed by atoms with van der Waals surface area (Å²) in [7, 11) is 0. The Morgan fingerprint density at radius 3 is 2.45 bits per heavy atom. The summed E-state index contributed by atoms with van der Waals surface area (Å²) in [5.41, 5.74) is -0.0632. The van der Waals surface area contributed by atoms with Crippen LogP contribution in [0.15, 0.2) is 29.3 Å². The molecule has 0 aliphatic carbocycles. The molecule has 29 heavy (non-hydrogen) atoms. The van der Waals surface area contributed by atoms with Gasteiger partial charge in [-0.1, -0.05) is 29.3 Å². The Bertz CT molecular complexity index is 996. The lowest BCUT2D eigenvalue weighted by atomic mass is 9.87. The largest absolute Gasteiger partial charge is 0.435 e. The van der Waals surface area contributed by atoms with Crippen molar-refractivity contribution < 1.29 is 18.0 Å². The molecule has 2 atom stereocenters. The smallest absolute Gasteiger partial charge is 0.342 e. The highest BCUT2D eigenvalue weighted by molar-refractivity contribution is 6.42. The van der Waals surface area contributed by atoms with E-state index in [0.29, 0.717) is 29.4 Å². The molecule has 0 saturated carbocycles. The summed E-state index contributed by atoms with van der Waals surface area (Å²) in [5.74, 6) is -0.898. The summed E-state index contributed by atoms with van der Waals surface area (Å²) in [6, 6.07) is 4.87. The highest BCUT2D eigenvalue weighted by atomic mass is 35.5. The van der Waals surface area contributed by atoms with E-state index in [0.717, 1.165) is 18.9 Å². The molecule has 0 radical (unpaired) electrons. The molecule has 2 aliphatic heterocycles. The van der Waals surface area contributed by atoms with Crippen molar-refractivity contribution in [1.82, 2.24) is 14.7 Å². The van der Waals surface area contributed by atoms with Crippen LogP contribution < -0.4 is 0 Å². The predicted octanol–water partition coefficient (Wildman–Crippen LogP) is 5.14. The van der Waals surface area contributed by atoms with Gasteiger partial charge in [0, 0.05) is 24.9 Å². The normalized spacial score (nSPS) is 21.9. The molecule has 1 amide bonds. The monoisotopic (exact) mass is 444 g/mol. The van der Waals surface area contributed by atoms with Gasteiger partial charge in [0.25, 0.3) is 0 Å². The third-order valence-corrected chi connectivity index (χ3v) is 6.03. The van der Waals surface area contributed by atoms with Crippen molar-refractivity contribution in [2.75, 3.05) is 13.1 Å². The average Bonchev–Trinajstić information content (AvgIpc) is 3.31. The molecule has 10 heteroatoms. The van der Waals surface area contributed by atoms with E-state index in [9.17, 15) is 18.0 Å². The first kappa shape index (κ1) is 20.2. The second kappa shape index (κ2) is 7.32. The van der Waals surface area contributed by atoms with Gasteiger partial charge in [0.1, 0.15) is 5.92 Å². The van der Waals surface area contributed by atoms with Crippen LogP contribution in [0.4, 0.5) is 19.0 Å². The third-order valence-electron chi connectivity index (χ3n) is 5.30. The molecule has 3 heterocycles. The van der Waals surface area contributed by atoms with Gasteiger partial charge in [0.2, 0.25) is 5.91 Å². The number of fused-ring (bicyclic) bond motifs is 1. The number of carbonyl (C=O) groups excluding carboxylic acids is 1. The van der Waals surface area contributed by atoms with Crippen molar-refractivity contribution in [3.05, 3.63) is 45.6 Å². The number of halogens is 5. The van der Waals surface area contributed by atoms with Crippen molar-refractivity contribution >= 4 is 40.6 Å². The number of hydrogen-bond donors (Lipinski definition) is 0. The standard InChI is InChI=1S/C19H17Cl2F3N4O/c1-10-16(18(29)27-6-2-3-7-27)17(11-4-5-12(20)13(21)8-11)28-15(25-10)9-14(26-28)19(22,23)24/h4-5,8-9,16-17H,2-3,6-7H2,1H3. The fourth-order valence-corrected chi connectivity index (χ4v) is 4.22. The molecule has 1 fully saturated rings. The van der Waals surface area contributed by atoms with Gasteiger partial charge in [-0.2, -0.15) is 18.3 Å². The Balaban J connectivity index is 1.87. The number of alkyl halides is 3. The lowest BCUT2D eigenvalue weighted by Gasteiger charge is -2.33. The van der Waals surface area contributed by atoms with E-state index in [-0.39, 0.29) is 16.7 Å². The number of aromatic nitrogens is 2. The van der Waals surface area contributed by atoms with Crippen molar-refractivity contribution in [2.45, 2.75) is 32.0 Å². The Hall–Kier alpha value is -2.06. The molecule has 2 aromatic rings. The summed E-state index contributed by atoms with van der Waals surface area (Å²) in [5, 5.41) is 4.33. The SMILES string of the molecule is CC1=Nc2cc(C(F)(F)F)nn2C(c2ccc(Cl)c(Cl)c2)C1C(=O)N1CCCC1. The van der Waals surface area contributed by atoms with Gasteiger partial charge in [-0.05, 0) is 37.5 Å². The summed E-state index contributed by atoms with van der Waals surface area (Å²) < 4.78 is 41.0. The summed E-state index contributed by atoms with van der Waals surface area (Å²) in [4.78, 5) is 19.3. The highest BCUT2D eigenvalue weighted by Gasteiger charge is 2.43. The third kappa shape index (κ3) is 3.64. The van der Waals surface area contributed by atoms with Gasteiger partial charge in [-0.15, -0.1) is 0 Å². The fraction of sp³-hybridized carbons (Fsp3) is 0.421. The van der Waals surface area contributed by atoms with E-state index in [1.54, 1.807) is 30.0 Å². The maximum atomic E-state index is 13.3. The summed E-state index contributed by atoms with van der Waals surface area (Å²) in [6.07, 6.45) is -2.82. The van der Waals surface area contributed by atoms with Crippen molar-refractivity contribution in [2.24, 2.45) is 10.9 Å². The molecule has 1 aromatic heterocycles. The minimum atomic E-state index is -4.62. The van der Waals surface area contributed by atoms with Crippen LogP contribution in [0.1, 0.15) is 37.1 Å². The molecular weight excluding hydrogens is 428 g/mol. The van der Waals surface area contributed by atoms with Crippen LogP contribution >= 0.6 is 23.2 Å². The zero-order valence-corrected chi connectivity index (χ0v) is 16.9. The first-order valence-electron chi connectivity index (χ1n) is 9.12. The zero-order valence-electron chi connectivity index (χ0n) is 15.4. The Labute approximate surface area is 175 Å². The number of benzene rings is 1. The van der Waals surface area contributed by atoms with E-state index in [1.807, 2.05) is 0 Å². The number of nitrogens with zero attached hydrogens (tertiary/aromatic N) is 4. The molecule has 5 nitrogen and oxygen atoms in total. The van der Waals surface area contributed by atoms with Gasteiger partial charge in [0.05, 0.1) is 16.1 Å². The number of amides is 1. The van der Waals surface area contributed by atoms with Gasteiger partial charge in [0.15, 0.2) is 11.5 Å². The number of likely N-dealkylation sites (tertiary alicyclic amines) is 1. The molecule has 1 saturated heterocycles. The minimum Gasteiger partial charge on any atom is -0.342 e. The first-order valence-corrected chi connectivity index (χ1v) is 9.88. The van der Waals surface area contributed by atoms with Gasteiger partial charge in [-0.25, -0.2) is 9.67 Å². The van der Waals surface area contributed by atoms with E-state index < -0.39 is 23.8 Å². The van der Waals surface area contributed by atoms with Crippen molar-refractivity contribution in [3.8, 4) is 0 Å². The van der Waals surface area contributed by atoms with Crippen molar-refractivity contribution in [1.29, 1.82) is 0 Å². The van der Waals surface area contributed by atoms with E-state index >= 15 is 0 Å².